The van der Waals surface area contributed by atoms with Crippen LogP contribution in [-0.4, -0.2) is 25.6 Å². The number of halogens is 1. The number of rotatable bonds is 7. The molecule has 104 valence electrons. The van der Waals surface area contributed by atoms with Gasteiger partial charge in [-0.1, -0.05) is 20.8 Å². The topological polar surface area (TPSA) is 46.2 Å². The van der Waals surface area contributed by atoms with Crippen molar-refractivity contribution in [1.82, 2.24) is 4.72 Å². The molecule has 0 saturated carbocycles. The lowest BCUT2D eigenvalue weighted by molar-refractivity contribution is 0.269. The molecule has 0 unspecified atom stereocenters. The highest BCUT2D eigenvalue weighted by Gasteiger charge is 2.29. The van der Waals surface area contributed by atoms with Crippen molar-refractivity contribution < 1.29 is 8.42 Å². The Kier molecular flexibility index (Phi) is 6.47. The lowest BCUT2D eigenvalue weighted by Gasteiger charge is -2.33. The Balaban J connectivity index is 4.39. The second-order valence-electron chi connectivity index (χ2n) is 6.44. The van der Waals surface area contributed by atoms with Crippen molar-refractivity contribution >= 4 is 21.6 Å². The molecule has 0 saturated heterocycles. The number of alkyl halides is 1. The van der Waals surface area contributed by atoms with Gasteiger partial charge in [0, 0.05) is 11.4 Å². The minimum atomic E-state index is -3.19. The molecular weight excluding hydrogens is 258 g/mol. The first-order valence-electron chi connectivity index (χ1n) is 6.05. The summed E-state index contributed by atoms with van der Waals surface area (Å²) in [6.45, 7) is 10.2. The Morgan fingerprint density at radius 1 is 1.06 bits per heavy atom. The van der Waals surface area contributed by atoms with E-state index in [1.807, 2.05) is 13.8 Å². The van der Waals surface area contributed by atoms with Crippen molar-refractivity contribution in [2.45, 2.75) is 59.4 Å². The van der Waals surface area contributed by atoms with Crippen molar-refractivity contribution in [2.24, 2.45) is 5.41 Å². The predicted octanol–water partition coefficient (Wildman–Crippen LogP) is 3.14. The van der Waals surface area contributed by atoms with Crippen molar-refractivity contribution in [3.8, 4) is 0 Å². The smallest absolute Gasteiger partial charge is 0.212 e. The van der Waals surface area contributed by atoms with E-state index in [4.69, 9.17) is 11.6 Å². The van der Waals surface area contributed by atoms with E-state index in [2.05, 4.69) is 25.5 Å². The van der Waals surface area contributed by atoms with Gasteiger partial charge >= 0.3 is 0 Å². The molecular formula is C12H26ClNO2S. The van der Waals surface area contributed by atoms with Crippen LogP contribution in [0.5, 0.6) is 0 Å². The maximum Gasteiger partial charge on any atom is 0.212 e. The molecule has 1 N–H and O–H groups in total. The molecule has 5 heteroatoms. The molecule has 17 heavy (non-hydrogen) atoms. The third kappa shape index (κ3) is 9.86. The fourth-order valence-corrected chi connectivity index (χ4v) is 4.01. The Hall–Kier alpha value is 0.200. The van der Waals surface area contributed by atoms with Gasteiger partial charge < -0.3 is 0 Å². The number of nitrogens with one attached hydrogen (secondary N) is 1. The maximum absolute atomic E-state index is 11.9. The Morgan fingerprint density at radius 2 is 1.59 bits per heavy atom. The molecule has 0 aromatic rings. The van der Waals surface area contributed by atoms with E-state index in [0.29, 0.717) is 12.3 Å². The second-order valence-corrected chi connectivity index (χ2v) is 8.66. The predicted molar refractivity (Wildman–Crippen MR) is 75.0 cm³/mol. The number of sulfonamides is 1. The standard InChI is InChI=1S/C12H26ClNO2S/c1-11(2,3)10-12(4,5)14-17(15,16)9-7-6-8-13/h14H,6-10H2,1-5H3. The molecule has 0 heterocycles. The number of hydrogen-bond donors (Lipinski definition) is 1. The number of unbranched alkanes of at least 4 members (excludes halogenated alkanes) is 1. The highest BCUT2D eigenvalue weighted by molar-refractivity contribution is 7.89. The van der Waals surface area contributed by atoms with E-state index in [1.165, 1.54) is 0 Å². The normalized spacial score (nSPS) is 14.0. The quantitative estimate of drug-likeness (QED) is 0.576. The Labute approximate surface area is 111 Å². The second kappa shape index (κ2) is 6.39. The van der Waals surface area contributed by atoms with Gasteiger partial charge in [-0.15, -0.1) is 11.6 Å². The van der Waals surface area contributed by atoms with E-state index in [9.17, 15) is 8.42 Å². The number of hydrogen-bond acceptors (Lipinski definition) is 2. The molecule has 0 atom stereocenters. The zero-order chi connectivity index (χ0) is 13.7. The molecule has 0 fully saturated rings. The zero-order valence-electron chi connectivity index (χ0n) is 11.6. The molecule has 0 radical (unpaired) electrons. The van der Waals surface area contributed by atoms with Crippen molar-refractivity contribution in [1.29, 1.82) is 0 Å². The summed E-state index contributed by atoms with van der Waals surface area (Å²) in [6, 6.07) is 0. The van der Waals surface area contributed by atoms with Crippen molar-refractivity contribution in [2.75, 3.05) is 11.6 Å². The van der Waals surface area contributed by atoms with Crippen LogP contribution in [0.15, 0.2) is 0 Å². The van der Waals surface area contributed by atoms with Gasteiger partial charge in [-0.2, -0.15) is 0 Å². The van der Waals surface area contributed by atoms with Crippen LogP contribution < -0.4 is 4.72 Å². The van der Waals surface area contributed by atoms with E-state index in [-0.39, 0.29) is 11.2 Å². The van der Waals surface area contributed by atoms with E-state index in [0.717, 1.165) is 12.8 Å². The van der Waals surface area contributed by atoms with Crippen LogP contribution in [-0.2, 0) is 10.0 Å². The van der Waals surface area contributed by atoms with Crippen LogP contribution in [0.1, 0.15) is 53.9 Å². The highest BCUT2D eigenvalue weighted by atomic mass is 35.5. The summed E-state index contributed by atoms with van der Waals surface area (Å²) >= 11 is 5.54. The lowest BCUT2D eigenvalue weighted by Crippen LogP contribution is -2.46. The summed E-state index contributed by atoms with van der Waals surface area (Å²) in [5.74, 6) is 0.675. The third-order valence-electron chi connectivity index (χ3n) is 2.20. The van der Waals surface area contributed by atoms with Crippen LogP contribution in [0.2, 0.25) is 0 Å². The summed E-state index contributed by atoms with van der Waals surface area (Å²) in [4.78, 5) is 0. The van der Waals surface area contributed by atoms with Gasteiger partial charge in [0.2, 0.25) is 10.0 Å². The zero-order valence-corrected chi connectivity index (χ0v) is 13.2. The van der Waals surface area contributed by atoms with Crippen LogP contribution in [0.25, 0.3) is 0 Å². The first kappa shape index (κ1) is 17.2. The third-order valence-corrected chi connectivity index (χ3v) is 4.16. The molecule has 0 aliphatic rings. The van der Waals surface area contributed by atoms with E-state index >= 15 is 0 Å². The molecule has 0 aromatic carbocycles. The summed E-state index contributed by atoms with van der Waals surface area (Å²) in [7, 11) is -3.19. The fraction of sp³-hybridized carbons (Fsp3) is 1.00. The van der Waals surface area contributed by atoms with Gasteiger partial charge in [0.25, 0.3) is 0 Å². The first-order chi connectivity index (χ1) is 7.47. The first-order valence-corrected chi connectivity index (χ1v) is 8.24. The van der Waals surface area contributed by atoms with Gasteiger partial charge in [-0.05, 0) is 38.5 Å². The van der Waals surface area contributed by atoms with Gasteiger partial charge in [0.05, 0.1) is 5.75 Å². The van der Waals surface area contributed by atoms with E-state index in [1.54, 1.807) is 0 Å². The van der Waals surface area contributed by atoms with Crippen LogP contribution >= 0.6 is 11.6 Å². The monoisotopic (exact) mass is 283 g/mol. The SMILES string of the molecule is CC(C)(C)CC(C)(C)NS(=O)(=O)CCCCCl. The largest absolute Gasteiger partial charge is 0.212 e. The maximum atomic E-state index is 11.9. The molecule has 0 bridgehead atoms. The Bertz CT molecular complexity index is 318. The van der Waals surface area contributed by atoms with Gasteiger partial charge in [0.1, 0.15) is 0 Å². The average Bonchev–Trinajstić information content (AvgIpc) is 1.96. The van der Waals surface area contributed by atoms with Crippen molar-refractivity contribution in [3.63, 3.8) is 0 Å². The summed E-state index contributed by atoms with van der Waals surface area (Å²) in [6.07, 6.45) is 2.15. The van der Waals surface area contributed by atoms with Crippen LogP contribution in [0.4, 0.5) is 0 Å². The average molecular weight is 284 g/mol. The van der Waals surface area contributed by atoms with Crippen LogP contribution in [0.3, 0.4) is 0 Å². The fourth-order valence-electron chi connectivity index (χ4n) is 2.22. The molecule has 3 nitrogen and oxygen atoms in total. The summed E-state index contributed by atoms with van der Waals surface area (Å²) < 4.78 is 26.5. The minimum absolute atomic E-state index is 0.0994. The molecule has 0 aliphatic heterocycles. The van der Waals surface area contributed by atoms with Crippen molar-refractivity contribution in [3.05, 3.63) is 0 Å². The molecule has 0 spiro atoms. The molecule has 0 aromatic heterocycles. The molecule has 0 rings (SSSR count). The minimum Gasteiger partial charge on any atom is -0.212 e. The van der Waals surface area contributed by atoms with Gasteiger partial charge in [-0.25, -0.2) is 13.1 Å². The van der Waals surface area contributed by atoms with Gasteiger partial charge in [0.15, 0.2) is 0 Å². The summed E-state index contributed by atoms with van der Waals surface area (Å²) in [5.41, 5.74) is -0.305. The van der Waals surface area contributed by atoms with Crippen LogP contribution in [0, 0.1) is 5.41 Å². The van der Waals surface area contributed by atoms with E-state index < -0.39 is 15.6 Å². The van der Waals surface area contributed by atoms with Gasteiger partial charge in [-0.3, -0.25) is 0 Å². The lowest BCUT2D eigenvalue weighted by atomic mass is 9.82. The molecule has 0 amide bonds. The molecule has 0 aliphatic carbocycles. The Morgan fingerprint density at radius 3 is 2.00 bits per heavy atom. The summed E-state index contributed by atoms with van der Waals surface area (Å²) in [5, 5.41) is 0. The highest BCUT2D eigenvalue weighted by Crippen LogP contribution is 2.27.